The molecule has 1 aromatic carbocycles. The van der Waals surface area contributed by atoms with Crippen LogP contribution in [0.2, 0.25) is 0 Å². The molecule has 112 valence electrons. The fraction of sp³-hybridized carbons (Fsp3) is 0.400. The maximum absolute atomic E-state index is 12.0. The Hall–Kier alpha value is -2.21. The van der Waals surface area contributed by atoms with Gasteiger partial charge in [0.05, 0.1) is 12.7 Å². The fourth-order valence-electron chi connectivity index (χ4n) is 2.04. The Kier molecular flexibility index (Phi) is 5.45. The van der Waals surface area contributed by atoms with Crippen LogP contribution in [0.4, 0.5) is 0 Å². The highest BCUT2D eigenvalue weighted by Gasteiger charge is 2.13. The van der Waals surface area contributed by atoms with Crippen LogP contribution in [0, 0.1) is 0 Å². The lowest BCUT2D eigenvalue weighted by atomic mass is 10.1. The van der Waals surface area contributed by atoms with E-state index in [1.54, 1.807) is 10.9 Å². The number of rotatable bonds is 7. The van der Waals surface area contributed by atoms with Crippen molar-refractivity contribution in [2.24, 2.45) is 5.73 Å². The minimum Gasteiger partial charge on any atom is -0.348 e. The van der Waals surface area contributed by atoms with Crippen LogP contribution >= 0.6 is 0 Å². The lowest BCUT2D eigenvalue weighted by molar-refractivity contribution is 0.0933. The molecule has 0 saturated carbocycles. The maximum Gasteiger partial charge on any atom is 0.273 e. The molecule has 1 aromatic heterocycles. The van der Waals surface area contributed by atoms with Gasteiger partial charge in [-0.3, -0.25) is 9.48 Å². The van der Waals surface area contributed by atoms with E-state index in [-0.39, 0.29) is 11.9 Å². The highest BCUT2D eigenvalue weighted by molar-refractivity contribution is 5.92. The number of aryl methyl sites for hydroxylation is 1. The fourth-order valence-corrected chi connectivity index (χ4v) is 2.04. The molecule has 0 radical (unpaired) electrons. The molecule has 21 heavy (non-hydrogen) atoms. The molecule has 1 unspecified atom stereocenters. The molecule has 0 aliphatic rings. The Morgan fingerprint density at radius 1 is 1.38 bits per heavy atom. The van der Waals surface area contributed by atoms with Gasteiger partial charge in [0.1, 0.15) is 0 Å². The number of amides is 1. The molecule has 6 nitrogen and oxygen atoms in total. The van der Waals surface area contributed by atoms with Gasteiger partial charge in [-0.15, -0.1) is 5.10 Å². The van der Waals surface area contributed by atoms with Crippen molar-refractivity contribution in [1.29, 1.82) is 0 Å². The number of benzene rings is 1. The monoisotopic (exact) mass is 287 g/mol. The van der Waals surface area contributed by atoms with E-state index in [2.05, 4.69) is 27.8 Å². The quantitative estimate of drug-likeness (QED) is 0.795. The molecule has 1 amide bonds. The van der Waals surface area contributed by atoms with Crippen LogP contribution in [0.5, 0.6) is 0 Å². The van der Waals surface area contributed by atoms with Gasteiger partial charge in [-0.25, -0.2) is 0 Å². The first-order valence-electron chi connectivity index (χ1n) is 7.14. The van der Waals surface area contributed by atoms with Crippen LogP contribution in [-0.4, -0.2) is 33.5 Å². The first-order valence-corrected chi connectivity index (χ1v) is 7.14. The van der Waals surface area contributed by atoms with Crippen molar-refractivity contribution >= 4 is 5.91 Å². The first kappa shape index (κ1) is 15.2. The van der Waals surface area contributed by atoms with Gasteiger partial charge in [-0.1, -0.05) is 35.5 Å². The van der Waals surface area contributed by atoms with Gasteiger partial charge >= 0.3 is 0 Å². The highest BCUT2D eigenvalue weighted by atomic mass is 16.2. The molecule has 2 rings (SSSR count). The average Bonchev–Trinajstić information content (AvgIpc) is 2.95. The standard InChI is InChI=1S/C15H21N5O/c1-12(7-8-13-5-3-2-4-6-13)17-15(21)14-11-20(10-9-16)19-18-14/h2-6,11-12H,7-10,16H2,1H3,(H,17,21). The number of aromatic nitrogens is 3. The first-order chi connectivity index (χ1) is 10.2. The van der Waals surface area contributed by atoms with Gasteiger partial charge in [-0.05, 0) is 25.3 Å². The molecule has 6 heteroatoms. The van der Waals surface area contributed by atoms with Crippen molar-refractivity contribution in [3.05, 3.63) is 47.8 Å². The summed E-state index contributed by atoms with van der Waals surface area (Å²) < 4.78 is 1.57. The molecule has 0 spiro atoms. The van der Waals surface area contributed by atoms with Crippen LogP contribution in [0.3, 0.4) is 0 Å². The molecule has 0 bridgehead atoms. The Bertz CT molecular complexity index is 566. The van der Waals surface area contributed by atoms with E-state index in [9.17, 15) is 4.79 Å². The number of nitrogens with zero attached hydrogens (tertiary/aromatic N) is 3. The molecular formula is C15H21N5O. The summed E-state index contributed by atoms with van der Waals surface area (Å²) in [4.78, 5) is 12.0. The Morgan fingerprint density at radius 3 is 2.86 bits per heavy atom. The van der Waals surface area contributed by atoms with Crippen molar-refractivity contribution in [2.75, 3.05) is 6.54 Å². The summed E-state index contributed by atoms with van der Waals surface area (Å²) >= 11 is 0. The van der Waals surface area contributed by atoms with Crippen molar-refractivity contribution in [2.45, 2.75) is 32.4 Å². The third-order valence-electron chi connectivity index (χ3n) is 3.22. The second-order valence-electron chi connectivity index (χ2n) is 5.05. The summed E-state index contributed by atoms with van der Waals surface area (Å²) in [6.45, 7) is 3.02. The van der Waals surface area contributed by atoms with E-state index in [0.717, 1.165) is 12.8 Å². The van der Waals surface area contributed by atoms with E-state index < -0.39 is 0 Å². The summed E-state index contributed by atoms with van der Waals surface area (Å²) in [5, 5.41) is 10.6. The second-order valence-corrected chi connectivity index (χ2v) is 5.05. The molecule has 1 heterocycles. The number of carbonyl (C=O) groups excluding carboxylic acids is 1. The molecule has 0 saturated heterocycles. The van der Waals surface area contributed by atoms with E-state index in [1.165, 1.54) is 5.56 Å². The zero-order chi connectivity index (χ0) is 15.1. The van der Waals surface area contributed by atoms with Crippen LogP contribution in [0.25, 0.3) is 0 Å². The van der Waals surface area contributed by atoms with Gasteiger partial charge in [0.25, 0.3) is 5.91 Å². The molecule has 1 atom stereocenters. The third-order valence-corrected chi connectivity index (χ3v) is 3.22. The van der Waals surface area contributed by atoms with Crippen molar-refractivity contribution in [1.82, 2.24) is 20.3 Å². The number of hydrogen-bond donors (Lipinski definition) is 2. The molecule has 0 aliphatic heterocycles. The number of carbonyl (C=O) groups is 1. The Morgan fingerprint density at radius 2 is 2.14 bits per heavy atom. The predicted molar refractivity (Wildman–Crippen MR) is 80.8 cm³/mol. The van der Waals surface area contributed by atoms with E-state index in [1.807, 2.05) is 25.1 Å². The lowest BCUT2D eigenvalue weighted by Gasteiger charge is -2.12. The van der Waals surface area contributed by atoms with Gasteiger partial charge in [0.15, 0.2) is 5.69 Å². The zero-order valence-corrected chi connectivity index (χ0v) is 12.2. The normalized spacial score (nSPS) is 12.1. The zero-order valence-electron chi connectivity index (χ0n) is 12.2. The van der Waals surface area contributed by atoms with E-state index in [4.69, 9.17) is 5.73 Å². The number of hydrogen-bond acceptors (Lipinski definition) is 4. The Labute approximate surface area is 124 Å². The van der Waals surface area contributed by atoms with E-state index >= 15 is 0 Å². The lowest BCUT2D eigenvalue weighted by Crippen LogP contribution is -2.33. The topological polar surface area (TPSA) is 85.8 Å². The summed E-state index contributed by atoms with van der Waals surface area (Å²) in [5.41, 5.74) is 7.03. The van der Waals surface area contributed by atoms with Crippen LogP contribution < -0.4 is 11.1 Å². The van der Waals surface area contributed by atoms with Crippen molar-refractivity contribution in [3.63, 3.8) is 0 Å². The molecule has 0 fully saturated rings. The highest BCUT2D eigenvalue weighted by Crippen LogP contribution is 2.05. The van der Waals surface area contributed by atoms with Crippen molar-refractivity contribution in [3.8, 4) is 0 Å². The minimum absolute atomic E-state index is 0.0809. The predicted octanol–water partition coefficient (Wildman–Crippen LogP) is 0.988. The van der Waals surface area contributed by atoms with Gasteiger partial charge in [0.2, 0.25) is 0 Å². The molecule has 3 N–H and O–H groups in total. The van der Waals surface area contributed by atoms with Gasteiger partial charge in [-0.2, -0.15) is 0 Å². The minimum atomic E-state index is -0.196. The maximum atomic E-state index is 12.0. The molecular weight excluding hydrogens is 266 g/mol. The SMILES string of the molecule is CC(CCc1ccccc1)NC(=O)c1cn(CCN)nn1. The summed E-state index contributed by atoms with van der Waals surface area (Å²) in [6, 6.07) is 10.3. The summed E-state index contributed by atoms with van der Waals surface area (Å²) in [6.07, 6.45) is 3.43. The number of nitrogens with one attached hydrogen (secondary N) is 1. The Balaban J connectivity index is 1.81. The average molecular weight is 287 g/mol. The number of nitrogens with two attached hydrogens (primary N) is 1. The summed E-state index contributed by atoms with van der Waals surface area (Å²) in [7, 11) is 0. The van der Waals surface area contributed by atoms with Crippen LogP contribution in [0.1, 0.15) is 29.4 Å². The molecule has 0 aliphatic carbocycles. The van der Waals surface area contributed by atoms with Gasteiger partial charge in [0, 0.05) is 12.6 Å². The van der Waals surface area contributed by atoms with Crippen molar-refractivity contribution < 1.29 is 4.79 Å². The van der Waals surface area contributed by atoms with Crippen LogP contribution in [-0.2, 0) is 13.0 Å². The largest absolute Gasteiger partial charge is 0.348 e. The summed E-state index contributed by atoms with van der Waals surface area (Å²) in [5.74, 6) is -0.196. The van der Waals surface area contributed by atoms with E-state index in [0.29, 0.717) is 18.8 Å². The van der Waals surface area contributed by atoms with Crippen LogP contribution in [0.15, 0.2) is 36.5 Å². The second kappa shape index (κ2) is 7.54. The third kappa shape index (κ3) is 4.68. The van der Waals surface area contributed by atoms with Gasteiger partial charge < -0.3 is 11.1 Å². The molecule has 2 aromatic rings. The smallest absolute Gasteiger partial charge is 0.273 e.